The van der Waals surface area contributed by atoms with Crippen LogP contribution in [0.15, 0.2) is 5.10 Å². The summed E-state index contributed by atoms with van der Waals surface area (Å²) in [5, 5.41) is 3.56. The van der Waals surface area contributed by atoms with Gasteiger partial charge in [-0.3, -0.25) is 4.79 Å². The van der Waals surface area contributed by atoms with E-state index in [-0.39, 0.29) is 5.91 Å². The highest BCUT2D eigenvalue weighted by atomic mass is 16.2. The molecule has 0 aromatic heterocycles. The molecule has 0 aromatic rings. The van der Waals surface area contributed by atoms with Crippen LogP contribution in [0.5, 0.6) is 0 Å². The van der Waals surface area contributed by atoms with Gasteiger partial charge in [0.05, 0.1) is 0 Å². The average Bonchev–Trinajstić information content (AvgIpc) is 1.80. The van der Waals surface area contributed by atoms with Crippen LogP contribution in [0.2, 0.25) is 0 Å². The molecule has 3 N–H and O–H groups in total. The molecule has 0 unspecified atom stereocenters. The Hall–Kier alpha value is -0.900. The number of hydrazone groups is 1. The van der Waals surface area contributed by atoms with Crippen molar-refractivity contribution in [3.8, 4) is 0 Å². The van der Waals surface area contributed by atoms with Crippen molar-refractivity contribution in [1.82, 2.24) is 5.43 Å². The molecule has 0 aliphatic carbocycles. The van der Waals surface area contributed by atoms with E-state index < -0.39 is 0 Å². The molecule has 0 saturated carbocycles. The fourth-order valence-corrected chi connectivity index (χ4v) is 0.276. The minimum atomic E-state index is -0.164. The summed E-state index contributed by atoms with van der Waals surface area (Å²) < 4.78 is 0. The summed E-state index contributed by atoms with van der Waals surface area (Å²) in [4.78, 5) is 10.2. The van der Waals surface area contributed by atoms with E-state index in [0.29, 0.717) is 13.0 Å². The van der Waals surface area contributed by atoms with Crippen molar-refractivity contribution in [2.24, 2.45) is 10.8 Å². The van der Waals surface area contributed by atoms with Gasteiger partial charge in [-0.15, -0.1) is 0 Å². The first-order valence-corrected chi connectivity index (χ1v) is 2.75. The molecule has 0 spiro atoms. The van der Waals surface area contributed by atoms with Crippen molar-refractivity contribution >= 4 is 12.1 Å². The number of nitrogens with one attached hydrogen (secondary N) is 1. The molecule has 4 heteroatoms. The maximum atomic E-state index is 10.2. The Labute approximate surface area is 54.1 Å². The third-order valence-corrected chi connectivity index (χ3v) is 0.609. The van der Waals surface area contributed by atoms with E-state index in [4.69, 9.17) is 5.73 Å². The van der Waals surface area contributed by atoms with Crippen LogP contribution in [0.1, 0.15) is 13.3 Å². The predicted molar refractivity (Wildman–Crippen MR) is 36.0 cm³/mol. The lowest BCUT2D eigenvalue weighted by molar-refractivity contribution is -0.118. The van der Waals surface area contributed by atoms with Crippen LogP contribution in [0.3, 0.4) is 0 Å². The number of nitrogens with zero attached hydrogens (tertiary/aromatic N) is 1. The van der Waals surface area contributed by atoms with E-state index in [1.54, 1.807) is 6.21 Å². The second-order valence-electron chi connectivity index (χ2n) is 1.56. The summed E-state index contributed by atoms with van der Waals surface area (Å²) in [6.07, 6.45) is 2.27. The Morgan fingerprint density at radius 3 is 3.00 bits per heavy atom. The molecule has 0 bridgehead atoms. The normalized spacial score (nSPS) is 10.0. The lowest BCUT2D eigenvalue weighted by Crippen LogP contribution is -2.12. The van der Waals surface area contributed by atoms with Crippen LogP contribution in [0, 0.1) is 0 Å². The van der Waals surface area contributed by atoms with Gasteiger partial charge < -0.3 is 5.73 Å². The Morgan fingerprint density at radius 2 is 2.56 bits per heavy atom. The number of carbonyl (C=O) groups excluding carboxylic acids is 1. The number of nitrogens with two attached hydrogens (primary N) is 1. The molecule has 52 valence electrons. The van der Waals surface area contributed by atoms with Crippen LogP contribution >= 0.6 is 0 Å². The standard InChI is InChI=1S/C5H11N3O/c1-5(9)8-7-4-2-3-6/h4H,2-3,6H2,1H3,(H,8,9)/b7-4+. The molecule has 0 aliphatic rings. The molecule has 0 rings (SSSR count). The number of rotatable bonds is 3. The summed E-state index contributed by atoms with van der Waals surface area (Å²) in [6.45, 7) is 1.96. The van der Waals surface area contributed by atoms with Gasteiger partial charge in [0.15, 0.2) is 0 Å². The van der Waals surface area contributed by atoms with Crippen LogP contribution < -0.4 is 11.2 Å². The van der Waals surface area contributed by atoms with Gasteiger partial charge in [0, 0.05) is 13.1 Å². The summed E-state index contributed by atoms with van der Waals surface area (Å²) in [6, 6.07) is 0. The molecule has 0 heterocycles. The van der Waals surface area contributed by atoms with E-state index >= 15 is 0 Å². The third-order valence-electron chi connectivity index (χ3n) is 0.609. The smallest absolute Gasteiger partial charge is 0.236 e. The molecule has 0 atom stereocenters. The Bertz CT molecular complexity index is 111. The second-order valence-corrected chi connectivity index (χ2v) is 1.56. The fraction of sp³-hybridized carbons (Fsp3) is 0.600. The molecule has 0 fully saturated rings. The van der Waals surface area contributed by atoms with E-state index in [9.17, 15) is 4.79 Å². The van der Waals surface area contributed by atoms with E-state index in [1.807, 2.05) is 0 Å². The highest BCUT2D eigenvalue weighted by Crippen LogP contribution is 1.65. The van der Waals surface area contributed by atoms with Gasteiger partial charge >= 0.3 is 0 Å². The molecule has 4 nitrogen and oxygen atoms in total. The number of carbonyl (C=O) groups is 1. The fourth-order valence-electron chi connectivity index (χ4n) is 0.276. The highest BCUT2D eigenvalue weighted by molar-refractivity contribution is 5.73. The van der Waals surface area contributed by atoms with Crippen molar-refractivity contribution in [1.29, 1.82) is 0 Å². The lowest BCUT2D eigenvalue weighted by atomic mass is 10.5. The maximum absolute atomic E-state index is 10.2. The average molecular weight is 129 g/mol. The van der Waals surface area contributed by atoms with E-state index in [1.165, 1.54) is 6.92 Å². The van der Waals surface area contributed by atoms with Gasteiger partial charge in [-0.1, -0.05) is 0 Å². The topological polar surface area (TPSA) is 67.5 Å². The van der Waals surface area contributed by atoms with Crippen molar-refractivity contribution in [2.45, 2.75) is 13.3 Å². The SMILES string of the molecule is CC(=O)N/N=C/CCN. The number of amides is 1. The molecule has 0 radical (unpaired) electrons. The second kappa shape index (κ2) is 5.24. The first-order valence-electron chi connectivity index (χ1n) is 2.75. The Balaban J connectivity index is 3.14. The predicted octanol–water partition coefficient (Wildman–Crippen LogP) is -0.543. The summed E-state index contributed by atoms with van der Waals surface area (Å²) in [5.41, 5.74) is 7.40. The van der Waals surface area contributed by atoms with Crippen LogP contribution in [0.25, 0.3) is 0 Å². The van der Waals surface area contributed by atoms with Crippen molar-refractivity contribution in [3.05, 3.63) is 0 Å². The quantitative estimate of drug-likeness (QED) is 0.397. The highest BCUT2D eigenvalue weighted by Gasteiger charge is 1.80. The van der Waals surface area contributed by atoms with Gasteiger partial charge in [0.2, 0.25) is 5.91 Å². The lowest BCUT2D eigenvalue weighted by Gasteiger charge is -1.88. The number of hydrogen-bond donors (Lipinski definition) is 2. The number of hydrogen-bond acceptors (Lipinski definition) is 3. The molecule has 0 aromatic carbocycles. The summed E-state index contributed by atoms with van der Waals surface area (Å²) in [5.74, 6) is -0.164. The van der Waals surface area contributed by atoms with Gasteiger partial charge in [0.1, 0.15) is 0 Å². The van der Waals surface area contributed by atoms with Crippen molar-refractivity contribution in [3.63, 3.8) is 0 Å². The summed E-state index contributed by atoms with van der Waals surface area (Å²) in [7, 11) is 0. The van der Waals surface area contributed by atoms with Crippen molar-refractivity contribution < 1.29 is 4.79 Å². The maximum Gasteiger partial charge on any atom is 0.236 e. The first-order chi connectivity index (χ1) is 4.27. The third kappa shape index (κ3) is 7.10. The van der Waals surface area contributed by atoms with Crippen LogP contribution in [0.4, 0.5) is 0 Å². The first kappa shape index (κ1) is 8.10. The monoisotopic (exact) mass is 129 g/mol. The van der Waals surface area contributed by atoms with Gasteiger partial charge in [-0.05, 0) is 13.0 Å². The minimum Gasteiger partial charge on any atom is -0.330 e. The molecule has 0 saturated heterocycles. The van der Waals surface area contributed by atoms with E-state index in [0.717, 1.165) is 0 Å². The Morgan fingerprint density at radius 1 is 1.89 bits per heavy atom. The Kier molecular flexibility index (Phi) is 4.72. The molecule has 9 heavy (non-hydrogen) atoms. The zero-order chi connectivity index (χ0) is 7.11. The van der Waals surface area contributed by atoms with Crippen LogP contribution in [-0.2, 0) is 4.79 Å². The zero-order valence-electron chi connectivity index (χ0n) is 5.42. The molecular formula is C5H11N3O. The zero-order valence-corrected chi connectivity index (χ0v) is 5.42. The largest absolute Gasteiger partial charge is 0.330 e. The molecule has 0 aliphatic heterocycles. The van der Waals surface area contributed by atoms with Crippen molar-refractivity contribution in [2.75, 3.05) is 6.54 Å². The van der Waals surface area contributed by atoms with Gasteiger partial charge in [-0.2, -0.15) is 5.10 Å². The van der Waals surface area contributed by atoms with Gasteiger partial charge in [0.25, 0.3) is 0 Å². The summed E-state index contributed by atoms with van der Waals surface area (Å²) >= 11 is 0. The molecular weight excluding hydrogens is 118 g/mol. The van der Waals surface area contributed by atoms with E-state index in [2.05, 4.69) is 10.5 Å². The van der Waals surface area contributed by atoms with Gasteiger partial charge in [-0.25, -0.2) is 5.43 Å². The minimum absolute atomic E-state index is 0.164. The van der Waals surface area contributed by atoms with Crippen LogP contribution in [-0.4, -0.2) is 18.7 Å². The molecule has 1 amide bonds.